The second-order valence-electron chi connectivity index (χ2n) is 8.12. The molecule has 0 saturated carbocycles. The van der Waals surface area contributed by atoms with Gasteiger partial charge in [-0.2, -0.15) is 0 Å². The van der Waals surface area contributed by atoms with Crippen molar-refractivity contribution < 1.29 is 13.2 Å². The van der Waals surface area contributed by atoms with Crippen LogP contribution < -0.4 is 10.5 Å². The summed E-state index contributed by atoms with van der Waals surface area (Å²) in [5.41, 5.74) is -0.104. The molecule has 0 amide bonds. The predicted molar refractivity (Wildman–Crippen MR) is 86.6 cm³/mol. The van der Waals surface area contributed by atoms with Gasteiger partial charge in [0.2, 0.25) is 10.0 Å². The highest BCUT2D eigenvalue weighted by Gasteiger charge is 2.31. The summed E-state index contributed by atoms with van der Waals surface area (Å²) in [6, 6.07) is 0.406. The van der Waals surface area contributed by atoms with Crippen LogP contribution in [0.4, 0.5) is 0 Å². The Bertz CT molecular complexity index is 427. The standard InChI is InChI=1S/C15H32N2O3S/c1-14(2,3)20-11-13-8-12(10-17-13)9-15(4,5)6-7-21(16,18)19/h12-13,17H,6-11H2,1-5H3,(H2,16,18,19)/t12?,13-/m0/s1. The fourth-order valence-electron chi connectivity index (χ4n) is 2.84. The van der Waals surface area contributed by atoms with Gasteiger partial charge in [-0.3, -0.25) is 0 Å². The van der Waals surface area contributed by atoms with Gasteiger partial charge < -0.3 is 10.1 Å². The summed E-state index contributed by atoms with van der Waals surface area (Å²) in [7, 11) is -3.36. The molecule has 1 aliphatic heterocycles. The minimum atomic E-state index is -3.36. The first-order valence-corrected chi connectivity index (χ1v) is 9.46. The Balaban J connectivity index is 2.36. The molecule has 1 saturated heterocycles. The van der Waals surface area contributed by atoms with Crippen LogP contribution in [0, 0.1) is 11.3 Å². The molecular formula is C15H32N2O3S. The minimum absolute atomic E-state index is 0.00143. The van der Waals surface area contributed by atoms with Crippen molar-refractivity contribution >= 4 is 10.0 Å². The molecule has 2 atom stereocenters. The zero-order valence-electron chi connectivity index (χ0n) is 14.1. The first-order valence-electron chi connectivity index (χ1n) is 7.74. The summed E-state index contributed by atoms with van der Waals surface area (Å²) < 4.78 is 28.0. The average molecular weight is 320 g/mol. The Hall–Kier alpha value is -0.170. The van der Waals surface area contributed by atoms with Gasteiger partial charge in [0.15, 0.2) is 0 Å². The van der Waals surface area contributed by atoms with Crippen LogP contribution in [0.2, 0.25) is 0 Å². The first-order chi connectivity index (χ1) is 9.36. The lowest BCUT2D eigenvalue weighted by atomic mass is 9.80. The third kappa shape index (κ3) is 8.76. The fraction of sp³-hybridized carbons (Fsp3) is 1.00. The maximum absolute atomic E-state index is 11.1. The van der Waals surface area contributed by atoms with Crippen LogP contribution in [0.3, 0.4) is 0 Å². The van der Waals surface area contributed by atoms with E-state index < -0.39 is 10.0 Å². The van der Waals surface area contributed by atoms with E-state index in [-0.39, 0.29) is 16.8 Å². The summed E-state index contributed by atoms with van der Waals surface area (Å²) in [6.45, 7) is 12.2. The van der Waals surface area contributed by atoms with Crippen molar-refractivity contribution in [3.05, 3.63) is 0 Å². The summed E-state index contributed by atoms with van der Waals surface area (Å²) in [5, 5.41) is 8.60. The Kier molecular flexibility index (Phi) is 6.24. The van der Waals surface area contributed by atoms with E-state index >= 15 is 0 Å². The molecule has 6 heteroatoms. The Labute approximate surface area is 130 Å². The van der Waals surface area contributed by atoms with Crippen LogP contribution in [0.1, 0.15) is 53.9 Å². The summed E-state index contributed by atoms with van der Waals surface area (Å²) in [5.74, 6) is 0.644. The van der Waals surface area contributed by atoms with Gasteiger partial charge in [0, 0.05) is 6.04 Å². The van der Waals surface area contributed by atoms with Gasteiger partial charge in [0.05, 0.1) is 18.0 Å². The molecule has 3 N–H and O–H groups in total. The van der Waals surface area contributed by atoms with Gasteiger partial charge in [0.1, 0.15) is 0 Å². The molecular weight excluding hydrogens is 288 g/mol. The summed E-state index contributed by atoms with van der Waals surface area (Å²) in [6.07, 6.45) is 2.72. The molecule has 0 bridgehead atoms. The highest BCUT2D eigenvalue weighted by atomic mass is 32.2. The van der Waals surface area contributed by atoms with Crippen LogP contribution >= 0.6 is 0 Å². The van der Waals surface area contributed by atoms with Gasteiger partial charge in [-0.15, -0.1) is 0 Å². The number of rotatable bonds is 7. The Morgan fingerprint density at radius 1 is 1.24 bits per heavy atom. The van der Waals surface area contributed by atoms with Crippen LogP contribution in [0.25, 0.3) is 0 Å². The molecule has 1 rings (SSSR count). The fourth-order valence-corrected chi connectivity index (χ4v) is 3.67. The van der Waals surface area contributed by atoms with Gasteiger partial charge in [-0.1, -0.05) is 13.8 Å². The second-order valence-corrected chi connectivity index (χ2v) is 9.85. The van der Waals surface area contributed by atoms with Crippen LogP contribution in [0.5, 0.6) is 0 Å². The molecule has 0 aromatic carbocycles. The molecule has 0 spiro atoms. The maximum Gasteiger partial charge on any atom is 0.209 e. The van der Waals surface area contributed by atoms with E-state index in [9.17, 15) is 8.42 Å². The number of primary sulfonamides is 1. The van der Waals surface area contributed by atoms with E-state index in [0.717, 1.165) is 26.0 Å². The summed E-state index contributed by atoms with van der Waals surface area (Å²) >= 11 is 0. The number of hydrogen-bond acceptors (Lipinski definition) is 4. The average Bonchev–Trinajstić information content (AvgIpc) is 2.69. The highest BCUT2D eigenvalue weighted by Crippen LogP contribution is 2.33. The van der Waals surface area contributed by atoms with Crippen molar-refractivity contribution in [2.75, 3.05) is 18.9 Å². The van der Waals surface area contributed by atoms with Gasteiger partial charge in [-0.25, -0.2) is 13.6 Å². The third-order valence-electron chi connectivity index (χ3n) is 3.94. The monoisotopic (exact) mass is 320 g/mol. The van der Waals surface area contributed by atoms with E-state index in [0.29, 0.717) is 18.4 Å². The van der Waals surface area contributed by atoms with Gasteiger partial charge >= 0.3 is 0 Å². The van der Waals surface area contributed by atoms with Crippen LogP contribution in [-0.4, -0.2) is 39.0 Å². The normalized spacial score (nSPS) is 24.5. The zero-order valence-corrected chi connectivity index (χ0v) is 14.9. The zero-order chi connectivity index (χ0) is 16.3. The Morgan fingerprint density at radius 3 is 2.38 bits per heavy atom. The molecule has 5 nitrogen and oxygen atoms in total. The molecule has 1 fully saturated rings. The van der Waals surface area contributed by atoms with E-state index in [1.807, 2.05) is 0 Å². The smallest absolute Gasteiger partial charge is 0.209 e. The van der Waals surface area contributed by atoms with Crippen LogP contribution in [0.15, 0.2) is 0 Å². The largest absolute Gasteiger partial charge is 0.374 e. The number of nitrogens with one attached hydrogen (secondary N) is 1. The lowest BCUT2D eigenvalue weighted by molar-refractivity contribution is -0.0127. The number of sulfonamides is 1. The molecule has 0 aromatic heterocycles. The van der Waals surface area contributed by atoms with Gasteiger partial charge in [0.25, 0.3) is 0 Å². The minimum Gasteiger partial charge on any atom is -0.374 e. The topological polar surface area (TPSA) is 81.4 Å². The molecule has 0 aliphatic carbocycles. The SMILES string of the molecule is CC(C)(CCS(N)(=O)=O)CC1CN[C@H](COC(C)(C)C)C1. The van der Waals surface area contributed by atoms with E-state index in [1.165, 1.54) is 0 Å². The van der Waals surface area contributed by atoms with Crippen molar-refractivity contribution in [3.63, 3.8) is 0 Å². The van der Waals surface area contributed by atoms with Crippen molar-refractivity contribution in [2.45, 2.75) is 65.5 Å². The summed E-state index contributed by atoms with van der Waals surface area (Å²) in [4.78, 5) is 0. The quantitative estimate of drug-likeness (QED) is 0.750. The van der Waals surface area contributed by atoms with Crippen molar-refractivity contribution in [2.24, 2.45) is 16.5 Å². The predicted octanol–water partition coefficient (Wildman–Crippen LogP) is 1.87. The maximum atomic E-state index is 11.1. The first kappa shape index (κ1) is 18.9. The van der Waals surface area contributed by atoms with Gasteiger partial charge in [-0.05, 0) is 57.9 Å². The molecule has 126 valence electrons. The second kappa shape index (κ2) is 6.94. The third-order valence-corrected chi connectivity index (χ3v) is 4.71. The van der Waals surface area contributed by atoms with E-state index in [4.69, 9.17) is 9.88 Å². The Morgan fingerprint density at radius 2 is 1.86 bits per heavy atom. The highest BCUT2D eigenvalue weighted by molar-refractivity contribution is 7.89. The van der Waals surface area contributed by atoms with Crippen LogP contribution in [-0.2, 0) is 14.8 Å². The van der Waals surface area contributed by atoms with E-state index in [2.05, 4.69) is 39.9 Å². The van der Waals surface area contributed by atoms with E-state index in [1.54, 1.807) is 0 Å². The molecule has 0 radical (unpaired) electrons. The molecule has 0 aromatic rings. The van der Waals surface area contributed by atoms with Crippen molar-refractivity contribution in [1.82, 2.24) is 5.32 Å². The number of ether oxygens (including phenoxy) is 1. The molecule has 1 unspecified atom stereocenters. The molecule has 1 heterocycles. The lowest BCUT2D eigenvalue weighted by Crippen LogP contribution is -2.31. The molecule has 21 heavy (non-hydrogen) atoms. The van der Waals surface area contributed by atoms with Crippen molar-refractivity contribution in [1.29, 1.82) is 0 Å². The number of hydrogen-bond donors (Lipinski definition) is 2. The van der Waals surface area contributed by atoms with Crippen molar-refractivity contribution in [3.8, 4) is 0 Å². The number of nitrogens with two attached hydrogens (primary N) is 1. The molecule has 1 aliphatic rings. The lowest BCUT2D eigenvalue weighted by Gasteiger charge is -2.27.